The number of aryl methyl sites for hydroxylation is 1. The Kier molecular flexibility index (Phi) is 8.95. The maximum atomic E-state index is 13.2. The van der Waals surface area contributed by atoms with Gasteiger partial charge in [-0.2, -0.15) is 4.39 Å². The van der Waals surface area contributed by atoms with Gasteiger partial charge in [-0.25, -0.2) is 4.39 Å². The van der Waals surface area contributed by atoms with E-state index in [9.17, 15) is 13.6 Å². The van der Waals surface area contributed by atoms with E-state index in [1.54, 1.807) is 6.92 Å². The van der Waals surface area contributed by atoms with Gasteiger partial charge in [0.2, 0.25) is 5.82 Å². The Morgan fingerprint density at radius 2 is 2.12 bits per heavy atom. The van der Waals surface area contributed by atoms with Crippen molar-refractivity contribution >= 4 is 11.6 Å². The van der Waals surface area contributed by atoms with Crippen LogP contribution in [-0.4, -0.2) is 55.7 Å². The minimum absolute atomic E-state index is 0.0468. The first kappa shape index (κ1) is 24.1. The number of carbonyl (C=O) groups excluding carboxylic acids is 1. The summed E-state index contributed by atoms with van der Waals surface area (Å²) in [5.41, 5.74) is 1.29. The molecule has 2 aromatic rings. The summed E-state index contributed by atoms with van der Waals surface area (Å²) >= 11 is 0. The molecule has 2 fully saturated rings. The number of nitrogens with zero attached hydrogens (tertiary/aromatic N) is 1. The molecule has 0 radical (unpaired) electrons. The van der Waals surface area contributed by atoms with E-state index >= 15 is 0 Å². The van der Waals surface area contributed by atoms with E-state index in [4.69, 9.17) is 18.7 Å². The van der Waals surface area contributed by atoms with Crippen molar-refractivity contribution in [3.63, 3.8) is 0 Å². The van der Waals surface area contributed by atoms with E-state index in [0.717, 1.165) is 31.9 Å². The average Bonchev–Trinajstić information content (AvgIpc) is 3.53. The van der Waals surface area contributed by atoms with E-state index in [1.807, 2.05) is 6.92 Å². The maximum absolute atomic E-state index is 13.2. The fourth-order valence-corrected chi connectivity index (χ4v) is 3.34. The number of halogens is 2. The fraction of sp³-hybridized carbons (Fsp3) is 0.545. The number of aromatic nitrogens is 1. The third kappa shape index (κ3) is 6.98. The van der Waals surface area contributed by atoms with Gasteiger partial charge >= 0.3 is 0 Å². The highest BCUT2D eigenvalue weighted by molar-refractivity contribution is 5.94. The molecule has 0 saturated carbocycles. The first-order chi connectivity index (χ1) is 15.4. The number of anilines is 1. The van der Waals surface area contributed by atoms with Crippen LogP contribution in [0.2, 0.25) is 0 Å². The predicted octanol–water partition coefficient (Wildman–Crippen LogP) is 3.21. The molecule has 3 heterocycles. The molecule has 0 bridgehead atoms. The summed E-state index contributed by atoms with van der Waals surface area (Å²) in [6.07, 6.45) is 3.94. The lowest BCUT2D eigenvalue weighted by atomic mass is 10.2. The first-order valence-corrected chi connectivity index (χ1v) is 10.7. The molecule has 176 valence electrons. The number of carbonyl (C=O) groups is 1. The topological polar surface area (TPSA) is 94.9 Å². The largest absolute Gasteiger partial charge is 0.489 e. The number of rotatable bonds is 7. The van der Waals surface area contributed by atoms with E-state index < -0.39 is 11.6 Å². The summed E-state index contributed by atoms with van der Waals surface area (Å²) in [6, 6.07) is 4.25. The molecule has 10 heteroatoms. The summed E-state index contributed by atoms with van der Waals surface area (Å²) in [5.74, 6) is -1.99. The van der Waals surface area contributed by atoms with Gasteiger partial charge in [0, 0.05) is 19.2 Å². The summed E-state index contributed by atoms with van der Waals surface area (Å²) in [5, 5.41) is 9.63. The van der Waals surface area contributed by atoms with Crippen LogP contribution < -0.4 is 15.4 Å². The monoisotopic (exact) mass is 453 g/mol. The first-order valence-electron chi connectivity index (χ1n) is 10.7. The molecule has 0 aliphatic carbocycles. The van der Waals surface area contributed by atoms with Crippen LogP contribution in [0.3, 0.4) is 0 Å². The molecule has 2 N–H and O–H groups in total. The van der Waals surface area contributed by atoms with Gasteiger partial charge in [-0.1, -0.05) is 11.2 Å². The number of hydrogen-bond donors (Lipinski definition) is 2. The van der Waals surface area contributed by atoms with Crippen LogP contribution in [0.5, 0.6) is 5.75 Å². The van der Waals surface area contributed by atoms with Crippen molar-refractivity contribution in [3.05, 3.63) is 41.8 Å². The Labute approximate surface area is 185 Å². The van der Waals surface area contributed by atoms with Crippen molar-refractivity contribution in [2.45, 2.75) is 51.4 Å². The minimum Gasteiger partial charge on any atom is -0.489 e. The second-order valence-electron chi connectivity index (χ2n) is 7.73. The lowest BCUT2D eigenvalue weighted by molar-refractivity contribution is -0.126. The van der Waals surface area contributed by atoms with E-state index in [2.05, 4.69) is 15.8 Å². The van der Waals surface area contributed by atoms with E-state index in [1.165, 1.54) is 18.4 Å². The van der Waals surface area contributed by atoms with Gasteiger partial charge in [0.15, 0.2) is 11.6 Å². The zero-order valence-electron chi connectivity index (χ0n) is 18.2. The molecular formula is C22H29F2N3O5. The second-order valence-corrected chi connectivity index (χ2v) is 7.73. The molecule has 2 aliphatic heterocycles. The lowest BCUT2D eigenvalue weighted by Gasteiger charge is -2.11. The van der Waals surface area contributed by atoms with Crippen molar-refractivity contribution in [2.24, 2.45) is 0 Å². The third-order valence-corrected chi connectivity index (χ3v) is 5.17. The summed E-state index contributed by atoms with van der Waals surface area (Å²) < 4.78 is 46.6. The minimum atomic E-state index is -0.934. The summed E-state index contributed by atoms with van der Waals surface area (Å²) in [6.45, 7) is 6.11. The van der Waals surface area contributed by atoms with Crippen molar-refractivity contribution in [2.75, 3.05) is 31.7 Å². The molecule has 2 aliphatic rings. The highest BCUT2D eigenvalue weighted by Crippen LogP contribution is 2.21. The van der Waals surface area contributed by atoms with E-state index in [-0.39, 0.29) is 23.9 Å². The van der Waals surface area contributed by atoms with Crippen molar-refractivity contribution in [1.29, 1.82) is 0 Å². The van der Waals surface area contributed by atoms with Gasteiger partial charge in [0.25, 0.3) is 5.91 Å². The van der Waals surface area contributed by atoms with Crippen LogP contribution in [0.25, 0.3) is 0 Å². The van der Waals surface area contributed by atoms with Crippen LogP contribution in [-0.2, 0) is 14.3 Å². The molecule has 2 saturated heterocycles. The number of amides is 1. The highest BCUT2D eigenvalue weighted by Gasteiger charge is 2.28. The smallest absolute Gasteiger partial charge is 0.253 e. The fourth-order valence-electron chi connectivity index (χ4n) is 3.34. The predicted molar refractivity (Wildman–Crippen MR) is 113 cm³/mol. The summed E-state index contributed by atoms with van der Waals surface area (Å²) in [7, 11) is 0. The standard InChI is InChI=1S/C12H15F2NO2.C10H14N2O3/c13-10-2-1-3-11(12(10)14)17-7-5-15-9-4-6-16-8-9;1-6-3-4-9(15-6)10(13)11-8-5-14-12-7(8)2/h1-3,9,15H,4-8H2;5-6,9H,3-4H2,1-2H3,(H,11,13). The van der Waals surface area contributed by atoms with Crippen molar-refractivity contribution in [1.82, 2.24) is 10.5 Å². The van der Waals surface area contributed by atoms with Gasteiger partial charge in [-0.3, -0.25) is 4.79 Å². The Morgan fingerprint density at radius 1 is 1.28 bits per heavy atom. The summed E-state index contributed by atoms with van der Waals surface area (Å²) in [4.78, 5) is 11.7. The quantitative estimate of drug-likeness (QED) is 0.622. The molecule has 4 rings (SSSR count). The van der Waals surface area contributed by atoms with Crippen LogP contribution in [0, 0.1) is 18.6 Å². The van der Waals surface area contributed by atoms with Crippen molar-refractivity contribution in [3.8, 4) is 5.75 Å². The SMILES string of the molecule is Cc1nocc1NC(=O)C1CCC(C)O1.Fc1cccc(OCCNC2CCOC2)c1F. The third-order valence-electron chi connectivity index (χ3n) is 5.17. The molecule has 32 heavy (non-hydrogen) atoms. The molecule has 3 atom stereocenters. The normalized spacial score (nSPS) is 22.3. The molecule has 8 nitrogen and oxygen atoms in total. The Hall–Kier alpha value is -2.56. The average molecular weight is 453 g/mol. The molecule has 1 aromatic heterocycles. The number of nitrogens with one attached hydrogen (secondary N) is 2. The maximum Gasteiger partial charge on any atom is 0.253 e. The highest BCUT2D eigenvalue weighted by atomic mass is 19.2. The number of benzene rings is 1. The Morgan fingerprint density at radius 3 is 2.78 bits per heavy atom. The Bertz CT molecular complexity index is 873. The molecule has 0 spiro atoms. The van der Waals surface area contributed by atoms with Gasteiger partial charge < -0.3 is 29.4 Å². The zero-order valence-corrected chi connectivity index (χ0v) is 18.2. The molecule has 1 amide bonds. The molecule has 1 aromatic carbocycles. The molecular weight excluding hydrogens is 424 g/mol. The van der Waals surface area contributed by atoms with Crippen LogP contribution >= 0.6 is 0 Å². The van der Waals surface area contributed by atoms with Crippen LogP contribution in [0.4, 0.5) is 14.5 Å². The Balaban J connectivity index is 0.000000182. The van der Waals surface area contributed by atoms with Gasteiger partial charge in [0.05, 0.1) is 12.7 Å². The van der Waals surface area contributed by atoms with Gasteiger partial charge in [-0.15, -0.1) is 0 Å². The second kappa shape index (κ2) is 11.9. The van der Waals surface area contributed by atoms with Gasteiger partial charge in [-0.05, 0) is 45.2 Å². The van der Waals surface area contributed by atoms with Crippen LogP contribution in [0.15, 0.2) is 29.0 Å². The van der Waals surface area contributed by atoms with E-state index in [0.29, 0.717) is 37.2 Å². The lowest BCUT2D eigenvalue weighted by Crippen LogP contribution is -2.32. The van der Waals surface area contributed by atoms with Crippen LogP contribution in [0.1, 0.15) is 31.9 Å². The molecule has 3 unspecified atom stereocenters. The number of ether oxygens (including phenoxy) is 3. The van der Waals surface area contributed by atoms with Gasteiger partial charge in [0.1, 0.15) is 30.4 Å². The zero-order chi connectivity index (χ0) is 22.9. The van der Waals surface area contributed by atoms with Crippen molar-refractivity contribution < 1.29 is 32.3 Å². The number of hydrogen-bond acceptors (Lipinski definition) is 7.